The van der Waals surface area contributed by atoms with E-state index >= 15 is 0 Å². The van der Waals surface area contributed by atoms with E-state index in [1.807, 2.05) is 0 Å². The molecule has 0 bridgehead atoms. The van der Waals surface area contributed by atoms with Crippen LogP contribution in [0.1, 0.15) is 19.8 Å². The lowest BCUT2D eigenvalue weighted by molar-refractivity contribution is -0.143. The van der Waals surface area contributed by atoms with Crippen LogP contribution in [0.25, 0.3) is 0 Å². The van der Waals surface area contributed by atoms with Crippen molar-refractivity contribution in [1.82, 2.24) is 0 Å². The fraction of sp³-hybridized carbons (Fsp3) is 0.667. The molecule has 0 spiro atoms. The molecule has 0 unspecified atom stereocenters. The van der Waals surface area contributed by atoms with Crippen molar-refractivity contribution in [2.24, 2.45) is 5.73 Å². The van der Waals surface area contributed by atoms with E-state index in [1.54, 1.807) is 0 Å². The standard InChI is InChI=1S/C7H13NO4.C2H4O2/c1-11-6(9)3-5(8)4-7(10)12-2;1-2(3)4/h5H,3-4,8H2,1-2H3;1H3,(H,3,4). The second-order valence-corrected chi connectivity index (χ2v) is 2.84. The molecule has 0 aromatic heterocycles. The molecule has 16 heavy (non-hydrogen) atoms. The Hall–Kier alpha value is -1.63. The number of carbonyl (C=O) groups excluding carboxylic acids is 2. The largest absolute Gasteiger partial charge is 0.481 e. The van der Waals surface area contributed by atoms with Gasteiger partial charge < -0.3 is 20.3 Å². The van der Waals surface area contributed by atoms with Crippen molar-refractivity contribution >= 4 is 17.9 Å². The van der Waals surface area contributed by atoms with Crippen LogP contribution in [0, 0.1) is 0 Å². The molecule has 0 radical (unpaired) electrons. The van der Waals surface area contributed by atoms with Gasteiger partial charge in [-0.2, -0.15) is 0 Å². The SMILES string of the molecule is CC(=O)O.COC(=O)CC(N)CC(=O)OC. The average Bonchev–Trinajstić information content (AvgIpc) is 2.16. The number of rotatable bonds is 4. The van der Waals surface area contributed by atoms with Crippen LogP contribution >= 0.6 is 0 Å². The van der Waals surface area contributed by atoms with E-state index in [4.69, 9.17) is 15.6 Å². The Bertz CT molecular complexity index is 218. The van der Waals surface area contributed by atoms with Crippen LogP contribution in [0.4, 0.5) is 0 Å². The lowest BCUT2D eigenvalue weighted by atomic mass is 10.1. The van der Waals surface area contributed by atoms with Gasteiger partial charge in [0.1, 0.15) is 0 Å². The minimum atomic E-state index is -0.833. The minimum Gasteiger partial charge on any atom is -0.481 e. The maximum Gasteiger partial charge on any atom is 0.307 e. The van der Waals surface area contributed by atoms with Crippen molar-refractivity contribution in [3.8, 4) is 0 Å². The number of carboxylic acids is 1. The highest BCUT2D eigenvalue weighted by Gasteiger charge is 2.13. The van der Waals surface area contributed by atoms with Crippen molar-refractivity contribution in [3.63, 3.8) is 0 Å². The van der Waals surface area contributed by atoms with E-state index in [1.165, 1.54) is 14.2 Å². The lowest BCUT2D eigenvalue weighted by Crippen LogP contribution is -2.27. The monoisotopic (exact) mass is 235 g/mol. The molecule has 0 atom stereocenters. The fourth-order valence-electron chi connectivity index (χ4n) is 0.667. The lowest BCUT2D eigenvalue weighted by Gasteiger charge is -2.07. The van der Waals surface area contributed by atoms with Gasteiger partial charge in [0.2, 0.25) is 0 Å². The van der Waals surface area contributed by atoms with Crippen molar-refractivity contribution < 1.29 is 29.0 Å². The van der Waals surface area contributed by atoms with Gasteiger partial charge in [0.15, 0.2) is 0 Å². The first-order chi connectivity index (χ1) is 7.33. The highest BCUT2D eigenvalue weighted by atomic mass is 16.5. The molecule has 94 valence electrons. The second kappa shape index (κ2) is 9.91. The predicted molar refractivity (Wildman–Crippen MR) is 54.6 cm³/mol. The summed E-state index contributed by atoms with van der Waals surface area (Å²) in [5.74, 6) is -1.68. The summed E-state index contributed by atoms with van der Waals surface area (Å²) in [6, 6.07) is -0.523. The molecule has 0 saturated carbocycles. The summed E-state index contributed by atoms with van der Waals surface area (Å²) in [7, 11) is 2.54. The van der Waals surface area contributed by atoms with Gasteiger partial charge >= 0.3 is 11.9 Å². The van der Waals surface area contributed by atoms with E-state index in [-0.39, 0.29) is 12.8 Å². The zero-order chi connectivity index (χ0) is 13.1. The Morgan fingerprint density at radius 1 is 1.12 bits per heavy atom. The molecular formula is C9H17NO6. The summed E-state index contributed by atoms with van der Waals surface area (Å²) in [4.78, 5) is 30.3. The first-order valence-electron chi connectivity index (χ1n) is 4.42. The quantitative estimate of drug-likeness (QED) is 0.633. The van der Waals surface area contributed by atoms with Gasteiger partial charge in [-0.25, -0.2) is 0 Å². The molecule has 7 nitrogen and oxygen atoms in total. The molecular weight excluding hydrogens is 218 g/mol. The van der Waals surface area contributed by atoms with Gasteiger partial charge in [-0.15, -0.1) is 0 Å². The molecule has 0 aliphatic heterocycles. The van der Waals surface area contributed by atoms with Crippen LogP contribution in [0.2, 0.25) is 0 Å². The molecule has 0 aliphatic carbocycles. The Kier molecular flexibility index (Phi) is 10.4. The highest BCUT2D eigenvalue weighted by Crippen LogP contribution is 1.97. The van der Waals surface area contributed by atoms with E-state index in [9.17, 15) is 9.59 Å². The topological polar surface area (TPSA) is 116 Å². The normalized spacial score (nSPS) is 8.81. The van der Waals surface area contributed by atoms with Crippen molar-refractivity contribution in [2.75, 3.05) is 14.2 Å². The fourth-order valence-corrected chi connectivity index (χ4v) is 0.667. The molecule has 0 heterocycles. The highest BCUT2D eigenvalue weighted by molar-refractivity contribution is 5.73. The third-order valence-corrected chi connectivity index (χ3v) is 1.31. The van der Waals surface area contributed by atoms with E-state index < -0.39 is 23.9 Å². The van der Waals surface area contributed by atoms with E-state index in [0.717, 1.165) is 6.92 Å². The summed E-state index contributed by atoms with van der Waals surface area (Å²) in [6.45, 7) is 1.08. The second-order valence-electron chi connectivity index (χ2n) is 2.84. The van der Waals surface area contributed by atoms with Crippen LogP contribution in [0.3, 0.4) is 0 Å². The van der Waals surface area contributed by atoms with Crippen LogP contribution in [0.5, 0.6) is 0 Å². The van der Waals surface area contributed by atoms with Crippen LogP contribution in [-0.2, 0) is 23.9 Å². The van der Waals surface area contributed by atoms with Crippen LogP contribution in [0.15, 0.2) is 0 Å². The summed E-state index contributed by atoms with van der Waals surface area (Å²) in [6.07, 6.45) is 0.0667. The average molecular weight is 235 g/mol. The van der Waals surface area contributed by atoms with Crippen molar-refractivity contribution in [2.45, 2.75) is 25.8 Å². The number of methoxy groups -OCH3 is 2. The number of carboxylic acid groups (broad SMARTS) is 1. The van der Waals surface area contributed by atoms with Crippen molar-refractivity contribution in [1.29, 1.82) is 0 Å². The zero-order valence-corrected chi connectivity index (χ0v) is 9.56. The maximum absolute atomic E-state index is 10.6. The molecule has 0 aromatic rings. The van der Waals surface area contributed by atoms with Crippen LogP contribution in [-0.4, -0.2) is 43.3 Å². The first-order valence-corrected chi connectivity index (χ1v) is 4.42. The van der Waals surface area contributed by atoms with Gasteiger partial charge in [-0.1, -0.05) is 0 Å². The molecule has 0 aliphatic rings. The molecule has 7 heteroatoms. The van der Waals surface area contributed by atoms with Crippen molar-refractivity contribution in [3.05, 3.63) is 0 Å². The van der Waals surface area contributed by atoms with E-state index in [0.29, 0.717) is 0 Å². The third kappa shape index (κ3) is 14.9. The minimum absolute atomic E-state index is 0.0333. The van der Waals surface area contributed by atoms with Gasteiger partial charge in [-0.05, 0) is 0 Å². The molecule has 0 aromatic carbocycles. The predicted octanol–water partition coefficient (Wildman–Crippen LogP) is -0.469. The van der Waals surface area contributed by atoms with Gasteiger partial charge in [0, 0.05) is 13.0 Å². The van der Waals surface area contributed by atoms with Gasteiger partial charge in [0.05, 0.1) is 27.1 Å². The van der Waals surface area contributed by atoms with E-state index in [2.05, 4.69) is 9.47 Å². The summed E-state index contributed by atoms with van der Waals surface area (Å²) < 4.78 is 8.73. The maximum atomic E-state index is 10.6. The number of esters is 2. The summed E-state index contributed by atoms with van der Waals surface area (Å²) in [5, 5.41) is 7.42. The number of aliphatic carboxylic acids is 1. The van der Waals surface area contributed by atoms with Crippen LogP contribution < -0.4 is 5.73 Å². The smallest absolute Gasteiger partial charge is 0.307 e. The van der Waals surface area contributed by atoms with Gasteiger partial charge in [0.25, 0.3) is 5.97 Å². The first kappa shape index (κ1) is 16.8. The molecule has 0 fully saturated rings. The Morgan fingerprint density at radius 3 is 1.56 bits per heavy atom. The Morgan fingerprint density at radius 2 is 1.38 bits per heavy atom. The summed E-state index contributed by atoms with van der Waals surface area (Å²) in [5.41, 5.74) is 5.42. The zero-order valence-electron chi connectivity index (χ0n) is 9.56. The molecule has 3 N–H and O–H groups in total. The number of ether oxygens (including phenoxy) is 2. The number of carbonyl (C=O) groups is 3. The van der Waals surface area contributed by atoms with Gasteiger partial charge in [-0.3, -0.25) is 14.4 Å². The summed E-state index contributed by atoms with van der Waals surface area (Å²) >= 11 is 0. The molecule has 0 rings (SSSR count). The number of hydrogen-bond acceptors (Lipinski definition) is 6. The number of nitrogens with two attached hydrogens (primary N) is 1. The Labute approximate surface area is 93.5 Å². The number of hydrogen-bond donors (Lipinski definition) is 2. The Balaban J connectivity index is 0. The molecule has 0 saturated heterocycles. The molecule has 0 amide bonds. The third-order valence-electron chi connectivity index (χ3n) is 1.31.